The molecule has 1 aromatic carbocycles. The van der Waals surface area contributed by atoms with E-state index in [2.05, 4.69) is 10.0 Å². The molecule has 0 saturated heterocycles. The average Bonchev–Trinajstić information content (AvgIpc) is 2.39. The van der Waals surface area contributed by atoms with Crippen molar-refractivity contribution in [1.29, 1.82) is 0 Å². The largest absolute Gasteiger partial charge is 0.394 e. The van der Waals surface area contributed by atoms with Crippen LogP contribution in [0.4, 0.5) is 5.69 Å². The second kappa shape index (κ2) is 5.66. The van der Waals surface area contributed by atoms with E-state index in [9.17, 15) is 8.42 Å². The highest BCUT2D eigenvalue weighted by Gasteiger charge is 2.22. The van der Waals surface area contributed by atoms with Gasteiger partial charge in [-0.3, -0.25) is 0 Å². The van der Waals surface area contributed by atoms with Crippen LogP contribution in [0.15, 0.2) is 29.2 Å². The first kappa shape index (κ1) is 14.9. The van der Waals surface area contributed by atoms with Gasteiger partial charge in [-0.15, -0.1) is 0 Å². The van der Waals surface area contributed by atoms with Crippen molar-refractivity contribution in [2.75, 3.05) is 25.6 Å². The minimum atomic E-state index is -3.45. The molecule has 0 saturated carbocycles. The zero-order chi connectivity index (χ0) is 13.8. The third-order valence-electron chi connectivity index (χ3n) is 2.58. The maximum Gasteiger partial charge on any atom is 0.240 e. The Morgan fingerprint density at radius 1 is 1.17 bits per heavy atom. The van der Waals surface area contributed by atoms with Crippen LogP contribution in [0, 0.1) is 0 Å². The first-order valence-electron chi connectivity index (χ1n) is 5.40. The van der Waals surface area contributed by atoms with Crippen LogP contribution in [0.2, 0.25) is 0 Å². The van der Waals surface area contributed by atoms with Crippen LogP contribution >= 0.6 is 0 Å². The van der Waals surface area contributed by atoms with Crippen LogP contribution < -0.4 is 10.0 Å². The predicted octanol–water partition coefficient (Wildman–Crippen LogP) is -0.250. The van der Waals surface area contributed by atoms with Crippen molar-refractivity contribution in [3.63, 3.8) is 0 Å². The van der Waals surface area contributed by atoms with Crippen molar-refractivity contribution in [3.05, 3.63) is 24.3 Å². The number of hydrogen-bond donors (Lipinski definition) is 4. The van der Waals surface area contributed by atoms with Crippen LogP contribution in [0.1, 0.15) is 6.92 Å². The number of sulfonamides is 1. The molecule has 0 aromatic heterocycles. The molecule has 0 radical (unpaired) electrons. The monoisotopic (exact) mass is 274 g/mol. The molecule has 0 atom stereocenters. The second-order valence-electron chi connectivity index (χ2n) is 4.23. The van der Waals surface area contributed by atoms with Crippen molar-refractivity contribution in [1.82, 2.24) is 4.72 Å². The van der Waals surface area contributed by atoms with E-state index < -0.39 is 15.6 Å². The predicted molar refractivity (Wildman–Crippen MR) is 68.9 cm³/mol. The molecule has 1 rings (SSSR count). The molecule has 0 aliphatic heterocycles. The minimum absolute atomic E-state index is 0.158. The van der Waals surface area contributed by atoms with E-state index in [1.165, 1.54) is 19.2 Å². The molecule has 1 aromatic rings. The maximum atomic E-state index is 11.5. The molecule has 102 valence electrons. The highest BCUT2D eigenvalue weighted by atomic mass is 32.2. The molecular weight excluding hydrogens is 256 g/mol. The summed E-state index contributed by atoms with van der Waals surface area (Å²) in [6.07, 6.45) is 0. The fourth-order valence-electron chi connectivity index (χ4n) is 1.31. The Kier molecular flexibility index (Phi) is 4.69. The maximum absolute atomic E-state index is 11.5. The zero-order valence-electron chi connectivity index (χ0n) is 10.3. The van der Waals surface area contributed by atoms with Crippen LogP contribution in [0.3, 0.4) is 0 Å². The highest BCUT2D eigenvalue weighted by Crippen LogP contribution is 2.17. The number of rotatable bonds is 6. The Balaban J connectivity index is 2.91. The number of hydrogen-bond acceptors (Lipinski definition) is 5. The molecule has 18 heavy (non-hydrogen) atoms. The van der Waals surface area contributed by atoms with E-state index in [1.54, 1.807) is 19.1 Å². The van der Waals surface area contributed by atoms with Crippen molar-refractivity contribution >= 4 is 15.7 Å². The van der Waals surface area contributed by atoms with Crippen molar-refractivity contribution in [2.24, 2.45) is 0 Å². The van der Waals surface area contributed by atoms with Crippen LogP contribution in [-0.2, 0) is 10.0 Å². The van der Waals surface area contributed by atoms with Crippen LogP contribution in [-0.4, -0.2) is 44.4 Å². The summed E-state index contributed by atoms with van der Waals surface area (Å²) in [6, 6.07) is 6.05. The molecule has 0 bridgehead atoms. The quantitative estimate of drug-likeness (QED) is 0.573. The Labute approximate surface area is 107 Å². The van der Waals surface area contributed by atoms with Gasteiger partial charge in [-0.2, -0.15) is 0 Å². The molecule has 6 nitrogen and oxygen atoms in total. The Morgan fingerprint density at radius 3 is 2.06 bits per heavy atom. The molecule has 0 aliphatic rings. The molecule has 4 N–H and O–H groups in total. The van der Waals surface area contributed by atoms with E-state index >= 15 is 0 Å². The number of nitrogens with one attached hydrogen (secondary N) is 2. The van der Waals surface area contributed by atoms with Gasteiger partial charge >= 0.3 is 0 Å². The van der Waals surface area contributed by atoms with Gasteiger partial charge in [-0.05, 0) is 38.2 Å². The van der Waals surface area contributed by atoms with E-state index in [0.717, 1.165) is 0 Å². The molecule has 0 unspecified atom stereocenters. The third-order valence-corrected chi connectivity index (χ3v) is 4.01. The molecule has 7 heteroatoms. The lowest BCUT2D eigenvalue weighted by molar-refractivity contribution is 0.147. The molecule has 0 aliphatic carbocycles. The zero-order valence-corrected chi connectivity index (χ0v) is 11.2. The van der Waals surface area contributed by atoms with Gasteiger partial charge in [0.1, 0.15) is 0 Å². The van der Waals surface area contributed by atoms with E-state index in [-0.39, 0.29) is 18.1 Å². The van der Waals surface area contributed by atoms with Crippen LogP contribution in [0.25, 0.3) is 0 Å². The fraction of sp³-hybridized carbons (Fsp3) is 0.455. The lowest BCUT2D eigenvalue weighted by atomic mass is 10.1. The van der Waals surface area contributed by atoms with E-state index in [1.807, 2.05) is 0 Å². The Bertz CT molecular complexity index is 480. The van der Waals surface area contributed by atoms with Gasteiger partial charge in [0, 0.05) is 5.69 Å². The summed E-state index contributed by atoms with van der Waals surface area (Å²) in [4.78, 5) is 0.158. The number of aliphatic hydroxyl groups is 2. The van der Waals surface area contributed by atoms with Gasteiger partial charge in [0.15, 0.2) is 0 Å². The van der Waals surface area contributed by atoms with Gasteiger partial charge in [0.05, 0.1) is 23.6 Å². The summed E-state index contributed by atoms with van der Waals surface area (Å²) < 4.78 is 25.2. The summed E-state index contributed by atoms with van der Waals surface area (Å²) in [5.74, 6) is 0. The van der Waals surface area contributed by atoms with Gasteiger partial charge < -0.3 is 15.5 Å². The summed E-state index contributed by atoms with van der Waals surface area (Å²) in [6.45, 7) is 1.19. The first-order valence-corrected chi connectivity index (χ1v) is 6.89. The first-order chi connectivity index (χ1) is 8.37. The average molecular weight is 274 g/mol. The van der Waals surface area contributed by atoms with Gasteiger partial charge in [0.25, 0.3) is 0 Å². The Hall–Kier alpha value is -1.15. The topological polar surface area (TPSA) is 98.7 Å². The lowest BCUT2D eigenvalue weighted by Crippen LogP contribution is -2.42. The number of benzene rings is 1. The highest BCUT2D eigenvalue weighted by molar-refractivity contribution is 7.89. The van der Waals surface area contributed by atoms with Gasteiger partial charge in [-0.25, -0.2) is 13.1 Å². The molecule has 0 amide bonds. The van der Waals surface area contributed by atoms with Gasteiger partial charge in [0.2, 0.25) is 10.0 Å². The molecular formula is C11H18N2O4S. The summed E-state index contributed by atoms with van der Waals surface area (Å²) in [5.41, 5.74) is -0.223. The van der Waals surface area contributed by atoms with Crippen molar-refractivity contribution in [2.45, 2.75) is 17.4 Å². The fourth-order valence-corrected chi connectivity index (χ4v) is 2.04. The van der Waals surface area contributed by atoms with Crippen molar-refractivity contribution < 1.29 is 18.6 Å². The standard InChI is InChI=1S/C11H18N2O4S/c1-11(7-14,8-15)13-9-3-5-10(6-4-9)18(16,17)12-2/h3-6,12-15H,7-8H2,1-2H3. The summed E-state index contributed by atoms with van der Waals surface area (Å²) >= 11 is 0. The number of aliphatic hydroxyl groups excluding tert-OH is 2. The molecule has 0 fully saturated rings. The summed E-state index contributed by atoms with van der Waals surface area (Å²) in [7, 11) is -2.10. The van der Waals surface area contributed by atoms with Crippen LogP contribution in [0.5, 0.6) is 0 Å². The van der Waals surface area contributed by atoms with Crippen molar-refractivity contribution in [3.8, 4) is 0 Å². The normalized spacial score (nSPS) is 12.4. The van der Waals surface area contributed by atoms with E-state index in [4.69, 9.17) is 10.2 Å². The molecule has 0 spiro atoms. The summed E-state index contributed by atoms with van der Waals surface area (Å²) in [5, 5.41) is 21.2. The smallest absolute Gasteiger partial charge is 0.240 e. The third kappa shape index (κ3) is 3.42. The molecule has 0 heterocycles. The minimum Gasteiger partial charge on any atom is -0.394 e. The SMILES string of the molecule is CNS(=O)(=O)c1ccc(NC(C)(CO)CO)cc1. The second-order valence-corrected chi connectivity index (χ2v) is 6.12. The Morgan fingerprint density at radius 2 is 1.67 bits per heavy atom. The lowest BCUT2D eigenvalue weighted by Gasteiger charge is -2.27. The van der Waals surface area contributed by atoms with E-state index in [0.29, 0.717) is 5.69 Å². The van der Waals surface area contributed by atoms with Gasteiger partial charge in [-0.1, -0.05) is 0 Å². The number of anilines is 1.